The van der Waals surface area contributed by atoms with Gasteiger partial charge in [-0.15, -0.1) is 0 Å². The number of rotatable bonds is 5. The van der Waals surface area contributed by atoms with Gasteiger partial charge in [-0.05, 0) is 25.7 Å². The monoisotopic (exact) mass is 244 g/mol. The minimum atomic E-state index is -0.688. The van der Waals surface area contributed by atoms with Gasteiger partial charge in [0.15, 0.2) is 0 Å². The summed E-state index contributed by atoms with van der Waals surface area (Å²) in [6, 6.07) is 0. The molecule has 4 nitrogen and oxygen atoms in total. The highest BCUT2D eigenvalue weighted by Crippen LogP contribution is 2.40. The van der Waals surface area contributed by atoms with Gasteiger partial charge in [0.05, 0.1) is 23.0 Å². The zero-order chi connectivity index (χ0) is 11.7. The molecule has 1 aromatic heterocycles. The number of hydrogen-bond donors (Lipinski definition) is 1. The molecule has 0 aliphatic heterocycles. The second-order valence-electron chi connectivity index (χ2n) is 4.18. The molecule has 2 rings (SSSR count). The Morgan fingerprint density at radius 3 is 2.88 bits per heavy atom. The fraction of sp³-hybridized carbons (Fsp3) is 0.727. The van der Waals surface area contributed by atoms with Gasteiger partial charge in [0.1, 0.15) is 6.10 Å². The number of aliphatic hydroxyl groups is 1. The molecule has 1 N–H and O–H groups in total. The van der Waals surface area contributed by atoms with Crippen molar-refractivity contribution in [1.29, 1.82) is 0 Å². The van der Waals surface area contributed by atoms with Crippen LogP contribution in [0.3, 0.4) is 0 Å². The molecule has 0 spiro atoms. The highest BCUT2D eigenvalue weighted by molar-refractivity contribution is 6.31. The lowest BCUT2D eigenvalue weighted by molar-refractivity contribution is -0.0298. The Kier molecular flexibility index (Phi) is 3.52. The van der Waals surface area contributed by atoms with Crippen LogP contribution in [-0.4, -0.2) is 28.1 Å². The van der Waals surface area contributed by atoms with E-state index in [-0.39, 0.29) is 6.10 Å². The van der Waals surface area contributed by atoms with E-state index in [4.69, 9.17) is 16.3 Å². The average Bonchev–Trinajstić information content (AvgIpc) is 3.02. The molecule has 2 atom stereocenters. The molecule has 0 aromatic carbocycles. The number of halogens is 1. The van der Waals surface area contributed by atoms with Gasteiger partial charge in [-0.2, -0.15) is 5.10 Å². The summed E-state index contributed by atoms with van der Waals surface area (Å²) in [6.45, 7) is 2.67. The van der Waals surface area contributed by atoms with Crippen LogP contribution in [0.15, 0.2) is 6.20 Å². The highest BCUT2D eigenvalue weighted by Gasteiger charge is 2.38. The molecule has 0 saturated heterocycles. The van der Waals surface area contributed by atoms with Gasteiger partial charge in [-0.3, -0.25) is 4.68 Å². The third-order valence-corrected chi connectivity index (χ3v) is 3.37. The molecule has 16 heavy (non-hydrogen) atoms. The van der Waals surface area contributed by atoms with Crippen LogP contribution in [0.2, 0.25) is 5.02 Å². The van der Waals surface area contributed by atoms with E-state index in [1.54, 1.807) is 18.0 Å². The van der Waals surface area contributed by atoms with E-state index >= 15 is 0 Å². The van der Waals surface area contributed by atoms with Gasteiger partial charge >= 0.3 is 0 Å². The number of aromatic nitrogens is 2. The molecule has 5 heteroatoms. The van der Waals surface area contributed by atoms with Gasteiger partial charge < -0.3 is 9.84 Å². The van der Waals surface area contributed by atoms with Crippen LogP contribution in [0.25, 0.3) is 0 Å². The van der Waals surface area contributed by atoms with Gasteiger partial charge in [0, 0.05) is 13.7 Å². The van der Waals surface area contributed by atoms with Crippen molar-refractivity contribution in [2.75, 3.05) is 7.11 Å². The molecule has 1 aromatic rings. The van der Waals surface area contributed by atoms with E-state index in [1.165, 1.54) is 0 Å². The molecule has 1 fully saturated rings. The molecular formula is C11H17ClN2O2. The minimum Gasteiger partial charge on any atom is -0.384 e. The Labute approximate surface area is 100 Å². The number of methoxy groups -OCH3 is 1. The van der Waals surface area contributed by atoms with Crippen molar-refractivity contribution in [1.82, 2.24) is 9.78 Å². The predicted molar refractivity (Wildman–Crippen MR) is 61.4 cm³/mol. The standard InChI is InChI=1S/C11H17ClN2O2/c1-3-14-9(8(12)6-13-14)10(15)11(16-2)7-4-5-7/h6-7,10-11,15H,3-5H2,1-2H3. The number of aryl methyl sites for hydroxylation is 1. The van der Waals surface area contributed by atoms with Crippen LogP contribution in [0.4, 0.5) is 0 Å². The van der Waals surface area contributed by atoms with E-state index in [1.807, 2.05) is 6.92 Å². The van der Waals surface area contributed by atoms with Crippen molar-refractivity contribution in [2.45, 2.75) is 38.5 Å². The maximum Gasteiger partial charge on any atom is 0.123 e. The van der Waals surface area contributed by atoms with E-state index in [0.717, 1.165) is 12.8 Å². The van der Waals surface area contributed by atoms with Crippen molar-refractivity contribution < 1.29 is 9.84 Å². The third kappa shape index (κ3) is 2.10. The Hall–Kier alpha value is -0.580. The van der Waals surface area contributed by atoms with Crippen LogP contribution in [0.1, 0.15) is 31.6 Å². The zero-order valence-corrected chi connectivity index (χ0v) is 10.3. The van der Waals surface area contributed by atoms with E-state index in [0.29, 0.717) is 23.2 Å². The summed E-state index contributed by atoms with van der Waals surface area (Å²) in [7, 11) is 1.63. The summed E-state index contributed by atoms with van der Waals surface area (Å²) in [4.78, 5) is 0. The summed E-state index contributed by atoms with van der Waals surface area (Å²) < 4.78 is 7.09. The van der Waals surface area contributed by atoms with E-state index in [9.17, 15) is 5.11 Å². The molecule has 0 bridgehead atoms. The lowest BCUT2D eigenvalue weighted by atomic mass is 10.1. The number of aliphatic hydroxyl groups excluding tert-OH is 1. The van der Waals surface area contributed by atoms with E-state index in [2.05, 4.69) is 5.10 Å². The molecule has 1 aliphatic rings. The molecule has 1 aliphatic carbocycles. The first-order valence-electron chi connectivity index (χ1n) is 5.61. The maximum atomic E-state index is 10.3. The zero-order valence-electron chi connectivity index (χ0n) is 9.56. The molecule has 1 heterocycles. The molecule has 0 amide bonds. The molecule has 90 valence electrons. The fourth-order valence-electron chi connectivity index (χ4n) is 2.08. The first kappa shape index (κ1) is 11.9. The van der Waals surface area contributed by atoms with E-state index < -0.39 is 6.10 Å². The Balaban J connectivity index is 2.23. The summed E-state index contributed by atoms with van der Waals surface area (Å²) in [5.41, 5.74) is 0.669. The topological polar surface area (TPSA) is 47.3 Å². The quantitative estimate of drug-likeness (QED) is 0.862. The number of ether oxygens (including phenoxy) is 1. The summed E-state index contributed by atoms with van der Waals surface area (Å²) in [6.07, 6.45) is 2.95. The lowest BCUT2D eigenvalue weighted by Gasteiger charge is -2.22. The van der Waals surface area contributed by atoms with Crippen LogP contribution in [0, 0.1) is 5.92 Å². The average molecular weight is 245 g/mol. The normalized spacial score (nSPS) is 19.8. The highest BCUT2D eigenvalue weighted by atomic mass is 35.5. The van der Waals surface area contributed by atoms with Crippen LogP contribution < -0.4 is 0 Å². The van der Waals surface area contributed by atoms with Gasteiger partial charge in [-0.25, -0.2) is 0 Å². The van der Waals surface area contributed by atoms with Crippen molar-refractivity contribution in [3.8, 4) is 0 Å². The Morgan fingerprint density at radius 2 is 2.38 bits per heavy atom. The first-order valence-corrected chi connectivity index (χ1v) is 5.98. The Morgan fingerprint density at radius 1 is 1.69 bits per heavy atom. The van der Waals surface area contributed by atoms with Crippen LogP contribution >= 0.6 is 11.6 Å². The van der Waals surface area contributed by atoms with Crippen molar-refractivity contribution >= 4 is 11.6 Å². The van der Waals surface area contributed by atoms with Crippen molar-refractivity contribution in [3.63, 3.8) is 0 Å². The van der Waals surface area contributed by atoms with Crippen LogP contribution in [-0.2, 0) is 11.3 Å². The van der Waals surface area contributed by atoms with Gasteiger partial charge in [0.25, 0.3) is 0 Å². The van der Waals surface area contributed by atoms with Gasteiger partial charge in [-0.1, -0.05) is 11.6 Å². The smallest absolute Gasteiger partial charge is 0.123 e. The fourth-order valence-corrected chi connectivity index (χ4v) is 2.33. The largest absolute Gasteiger partial charge is 0.384 e. The summed E-state index contributed by atoms with van der Waals surface area (Å²) >= 11 is 6.05. The third-order valence-electron chi connectivity index (χ3n) is 3.08. The summed E-state index contributed by atoms with van der Waals surface area (Å²) in [5, 5.41) is 14.9. The molecule has 2 unspecified atom stereocenters. The molecule has 1 saturated carbocycles. The minimum absolute atomic E-state index is 0.167. The van der Waals surface area contributed by atoms with Gasteiger partial charge in [0.2, 0.25) is 0 Å². The number of nitrogens with zero attached hydrogens (tertiary/aromatic N) is 2. The lowest BCUT2D eigenvalue weighted by Crippen LogP contribution is -2.25. The second kappa shape index (κ2) is 4.73. The van der Waals surface area contributed by atoms with Crippen LogP contribution in [0.5, 0.6) is 0 Å². The molecule has 0 radical (unpaired) electrons. The van der Waals surface area contributed by atoms with Crippen molar-refractivity contribution in [2.24, 2.45) is 5.92 Å². The molecular weight excluding hydrogens is 228 g/mol. The Bertz CT molecular complexity index is 363. The first-order chi connectivity index (χ1) is 7.69. The predicted octanol–water partition coefficient (Wildman–Crippen LogP) is 2.01. The maximum absolute atomic E-state index is 10.3. The van der Waals surface area contributed by atoms with Crippen molar-refractivity contribution in [3.05, 3.63) is 16.9 Å². The second-order valence-corrected chi connectivity index (χ2v) is 4.58. The SMILES string of the molecule is CCn1ncc(Cl)c1C(O)C(OC)C1CC1. The number of hydrogen-bond acceptors (Lipinski definition) is 3. The summed E-state index contributed by atoms with van der Waals surface area (Å²) in [5.74, 6) is 0.455.